The first-order valence-electron chi connectivity index (χ1n) is 8.12. The van der Waals surface area contributed by atoms with Crippen molar-refractivity contribution in [2.24, 2.45) is 5.92 Å². The van der Waals surface area contributed by atoms with Crippen LogP contribution in [0.2, 0.25) is 0 Å². The number of aromatic nitrogens is 1. The van der Waals surface area contributed by atoms with Crippen LogP contribution in [0, 0.1) is 12.8 Å². The van der Waals surface area contributed by atoms with Crippen LogP contribution >= 0.6 is 0 Å². The number of sulfonamides is 1. The molecule has 0 bridgehead atoms. The maximum Gasteiger partial charge on any atom is 0.208 e. The van der Waals surface area contributed by atoms with Crippen molar-refractivity contribution in [3.8, 4) is 17.0 Å². The Morgan fingerprint density at radius 3 is 2.72 bits per heavy atom. The lowest BCUT2D eigenvalue weighted by Gasteiger charge is -2.31. The second-order valence-corrected chi connectivity index (χ2v) is 8.06. The molecule has 1 saturated heterocycles. The Balaban J connectivity index is 1.60. The van der Waals surface area contributed by atoms with Gasteiger partial charge in [0.25, 0.3) is 0 Å². The number of benzene rings is 1. The molecular formula is C17H22N2O5S. The third-order valence-corrected chi connectivity index (χ3v) is 4.81. The number of nitrogens with one attached hydrogen (secondary N) is 1. The molecule has 2 unspecified atom stereocenters. The van der Waals surface area contributed by atoms with Gasteiger partial charge in [-0.05, 0) is 37.6 Å². The highest BCUT2D eigenvalue weighted by Gasteiger charge is 2.28. The van der Waals surface area contributed by atoms with Crippen LogP contribution < -0.4 is 9.46 Å². The predicted molar refractivity (Wildman–Crippen MR) is 92.9 cm³/mol. The largest absolute Gasteiger partial charge is 0.493 e. The van der Waals surface area contributed by atoms with Crippen LogP contribution in [0.15, 0.2) is 34.9 Å². The minimum absolute atomic E-state index is 0.0265. The summed E-state index contributed by atoms with van der Waals surface area (Å²) in [7, 11) is -3.25. The zero-order valence-electron chi connectivity index (χ0n) is 14.3. The maximum absolute atomic E-state index is 11.5. The molecule has 0 spiro atoms. The Labute approximate surface area is 147 Å². The zero-order valence-corrected chi connectivity index (χ0v) is 15.1. The Morgan fingerprint density at radius 1 is 1.32 bits per heavy atom. The van der Waals surface area contributed by atoms with Gasteiger partial charge < -0.3 is 14.0 Å². The molecule has 1 aliphatic rings. The molecule has 1 aromatic carbocycles. The predicted octanol–water partition coefficient (Wildman–Crippen LogP) is 1.98. The molecule has 8 heteroatoms. The molecule has 3 rings (SSSR count). The van der Waals surface area contributed by atoms with Crippen molar-refractivity contribution in [3.05, 3.63) is 36.1 Å². The molecule has 1 N–H and O–H groups in total. The molecule has 136 valence electrons. The van der Waals surface area contributed by atoms with E-state index in [0.717, 1.165) is 17.0 Å². The second-order valence-electron chi connectivity index (χ2n) is 6.28. The maximum atomic E-state index is 11.5. The van der Waals surface area contributed by atoms with Gasteiger partial charge in [-0.3, -0.25) is 0 Å². The number of hydrogen-bond donors (Lipinski definition) is 1. The quantitative estimate of drug-likeness (QED) is 0.841. The van der Waals surface area contributed by atoms with Crippen LogP contribution in [0.1, 0.15) is 12.2 Å². The Bertz CT molecular complexity index is 801. The fraction of sp³-hybridized carbons (Fsp3) is 0.471. The topological polar surface area (TPSA) is 90.7 Å². The molecule has 0 saturated carbocycles. The second kappa shape index (κ2) is 7.55. The smallest absolute Gasteiger partial charge is 0.208 e. The average Bonchev–Trinajstić information content (AvgIpc) is 3.00. The molecule has 2 atom stereocenters. The molecule has 1 aliphatic heterocycles. The lowest BCUT2D eigenvalue weighted by molar-refractivity contribution is 0.0187. The number of aryl methyl sites for hydroxylation is 1. The lowest BCUT2D eigenvalue weighted by atomic mass is 9.98. The molecular weight excluding hydrogens is 344 g/mol. The van der Waals surface area contributed by atoms with E-state index < -0.39 is 10.0 Å². The summed E-state index contributed by atoms with van der Waals surface area (Å²) in [5.41, 5.74) is 1.73. The molecule has 2 heterocycles. The summed E-state index contributed by atoms with van der Waals surface area (Å²) >= 11 is 0. The van der Waals surface area contributed by atoms with E-state index in [9.17, 15) is 8.42 Å². The van der Waals surface area contributed by atoms with E-state index in [2.05, 4.69) is 9.88 Å². The van der Waals surface area contributed by atoms with Crippen LogP contribution in [0.3, 0.4) is 0 Å². The number of hydrogen-bond acceptors (Lipinski definition) is 6. The van der Waals surface area contributed by atoms with E-state index in [-0.39, 0.29) is 12.0 Å². The highest BCUT2D eigenvalue weighted by molar-refractivity contribution is 7.88. The van der Waals surface area contributed by atoms with E-state index >= 15 is 0 Å². The van der Waals surface area contributed by atoms with Crippen molar-refractivity contribution in [2.45, 2.75) is 19.4 Å². The van der Waals surface area contributed by atoms with Crippen molar-refractivity contribution in [2.75, 3.05) is 26.1 Å². The molecule has 0 radical (unpaired) electrons. The van der Waals surface area contributed by atoms with Gasteiger partial charge >= 0.3 is 0 Å². The van der Waals surface area contributed by atoms with Gasteiger partial charge in [0.1, 0.15) is 17.2 Å². The van der Waals surface area contributed by atoms with Crippen molar-refractivity contribution >= 4 is 10.0 Å². The van der Waals surface area contributed by atoms with E-state index in [1.165, 1.54) is 6.26 Å². The van der Waals surface area contributed by atoms with E-state index in [1.54, 1.807) is 0 Å². The van der Waals surface area contributed by atoms with Gasteiger partial charge in [-0.15, -0.1) is 0 Å². The summed E-state index contributed by atoms with van der Waals surface area (Å²) in [6, 6.07) is 9.26. The zero-order chi connectivity index (χ0) is 17.9. The number of nitrogens with zero attached hydrogens (tertiary/aromatic N) is 1. The minimum atomic E-state index is -3.25. The van der Waals surface area contributed by atoms with Crippen molar-refractivity contribution in [3.63, 3.8) is 0 Å². The fourth-order valence-corrected chi connectivity index (χ4v) is 3.68. The van der Waals surface area contributed by atoms with Gasteiger partial charge in [0.05, 0.1) is 19.5 Å². The molecule has 25 heavy (non-hydrogen) atoms. The van der Waals surface area contributed by atoms with Gasteiger partial charge in [-0.1, -0.05) is 5.16 Å². The molecule has 2 aromatic rings. The summed E-state index contributed by atoms with van der Waals surface area (Å²) in [6.07, 6.45) is 1.82. The Hall–Kier alpha value is -1.90. The molecule has 0 amide bonds. The van der Waals surface area contributed by atoms with E-state index in [4.69, 9.17) is 14.0 Å². The van der Waals surface area contributed by atoms with Crippen molar-refractivity contribution in [1.82, 2.24) is 9.88 Å². The summed E-state index contributed by atoms with van der Waals surface area (Å²) < 4.78 is 42.0. The van der Waals surface area contributed by atoms with Gasteiger partial charge in [0.2, 0.25) is 10.0 Å². The third-order valence-electron chi connectivity index (χ3n) is 4.08. The van der Waals surface area contributed by atoms with E-state index in [0.29, 0.717) is 32.0 Å². The molecule has 1 fully saturated rings. The Morgan fingerprint density at radius 2 is 2.08 bits per heavy atom. The summed E-state index contributed by atoms with van der Waals surface area (Å²) in [4.78, 5) is 0. The van der Waals surface area contributed by atoms with Crippen LogP contribution in [0.25, 0.3) is 11.3 Å². The molecule has 0 aliphatic carbocycles. The highest BCUT2D eigenvalue weighted by Crippen LogP contribution is 2.23. The van der Waals surface area contributed by atoms with Crippen LogP contribution in [-0.4, -0.2) is 45.7 Å². The minimum Gasteiger partial charge on any atom is -0.493 e. The normalized spacial score (nSPS) is 21.2. The summed E-state index contributed by atoms with van der Waals surface area (Å²) in [5.74, 6) is 1.45. The van der Waals surface area contributed by atoms with Gasteiger partial charge in [-0.25, -0.2) is 13.1 Å². The van der Waals surface area contributed by atoms with E-state index in [1.807, 2.05) is 37.3 Å². The molecule has 7 nitrogen and oxygen atoms in total. The van der Waals surface area contributed by atoms with Crippen LogP contribution in [0.5, 0.6) is 5.75 Å². The van der Waals surface area contributed by atoms with Crippen LogP contribution in [-0.2, 0) is 14.8 Å². The Kier molecular flexibility index (Phi) is 5.41. The van der Waals surface area contributed by atoms with Gasteiger partial charge in [-0.2, -0.15) is 0 Å². The number of ether oxygens (including phenoxy) is 2. The fourth-order valence-electron chi connectivity index (χ4n) is 2.82. The van der Waals surface area contributed by atoms with Crippen molar-refractivity contribution < 1.29 is 22.4 Å². The van der Waals surface area contributed by atoms with Crippen LogP contribution in [0.4, 0.5) is 0 Å². The standard InChI is InChI=1S/C17H22N2O5S/c1-12-9-17(18-24-12)13-3-5-15(6-4-13)23-11-14-10-22-8-7-16(14)19-25(2,20)21/h3-6,9,14,16,19H,7-8,10-11H2,1-2H3. The first-order chi connectivity index (χ1) is 11.9. The number of rotatable bonds is 6. The third kappa shape index (κ3) is 5.04. The monoisotopic (exact) mass is 366 g/mol. The lowest BCUT2D eigenvalue weighted by Crippen LogP contribution is -2.47. The summed E-state index contributed by atoms with van der Waals surface area (Å²) in [5, 5.41) is 3.98. The van der Waals surface area contributed by atoms with Gasteiger partial charge in [0, 0.05) is 30.2 Å². The molecule has 1 aromatic heterocycles. The van der Waals surface area contributed by atoms with Gasteiger partial charge in [0.15, 0.2) is 0 Å². The highest BCUT2D eigenvalue weighted by atomic mass is 32.2. The SMILES string of the molecule is Cc1cc(-c2ccc(OCC3COCCC3NS(C)(=O)=O)cc2)no1. The summed E-state index contributed by atoms with van der Waals surface area (Å²) in [6.45, 7) is 3.26. The average molecular weight is 366 g/mol. The first-order valence-corrected chi connectivity index (χ1v) is 10.0. The first kappa shape index (κ1) is 17.9. The van der Waals surface area contributed by atoms with Crippen molar-refractivity contribution in [1.29, 1.82) is 0 Å².